The summed E-state index contributed by atoms with van der Waals surface area (Å²) in [6, 6.07) is 5.40. The van der Waals surface area contributed by atoms with Gasteiger partial charge in [0.25, 0.3) is 11.7 Å². The average Bonchev–Trinajstić information content (AvgIpc) is 3.06. The maximum Gasteiger partial charge on any atom is 0.295 e. The summed E-state index contributed by atoms with van der Waals surface area (Å²) in [5.74, 6) is 0. The van der Waals surface area contributed by atoms with Gasteiger partial charge in [0.15, 0.2) is 5.58 Å². The van der Waals surface area contributed by atoms with Gasteiger partial charge in [0.2, 0.25) is 0 Å². The number of nitrogens with zero attached hydrogens (tertiary/aromatic N) is 2. The Morgan fingerprint density at radius 1 is 1.55 bits per heavy atom. The third kappa shape index (κ3) is 2.72. The summed E-state index contributed by atoms with van der Waals surface area (Å²) in [6.07, 6.45) is 3.46. The van der Waals surface area contributed by atoms with Crippen molar-refractivity contribution in [2.24, 2.45) is 0 Å². The number of aromatic nitrogens is 1. The molecule has 1 fully saturated rings. The maximum absolute atomic E-state index is 10.7. The molecule has 20 heavy (non-hydrogen) atoms. The summed E-state index contributed by atoms with van der Waals surface area (Å²) in [5, 5.41) is 17.2. The number of nitro groups is 1. The van der Waals surface area contributed by atoms with E-state index in [0.29, 0.717) is 23.2 Å². The number of hydrogen-bond acceptors (Lipinski definition) is 6. The second-order valence-electron chi connectivity index (χ2n) is 4.94. The number of nitro benzene ring substituents is 1. The monoisotopic (exact) mass is 276 g/mol. The van der Waals surface area contributed by atoms with Gasteiger partial charge < -0.3 is 15.1 Å². The molecule has 1 atom stereocenters. The molecule has 0 saturated carbocycles. The van der Waals surface area contributed by atoms with Gasteiger partial charge in [-0.05, 0) is 31.9 Å². The molecule has 3 rings (SSSR count). The predicted molar refractivity (Wildman–Crippen MR) is 74.8 cm³/mol. The molecule has 7 heteroatoms. The lowest BCUT2D eigenvalue weighted by atomic mass is 10.2. The van der Waals surface area contributed by atoms with Crippen LogP contribution < -0.4 is 10.6 Å². The third-order valence-corrected chi connectivity index (χ3v) is 3.51. The van der Waals surface area contributed by atoms with Gasteiger partial charge in [0, 0.05) is 18.7 Å². The van der Waals surface area contributed by atoms with Gasteiger partial charge in [-0.3, -0.25) is 10.1 Å². The van der Waals surface area contributed by atoms with E-state index in [1.807, 2.05) is 0 Å². The smallest absolute Gasteiger partial charge is 0.295 e. The Bertz CT molecular complexity index is 619. The van der Waals surface area contributed by atoms with Crippen LogP contribution >= 0.6 is 0 Å². The van der Waals surface area contributed by atoms with Crippen molar-refractivity contribution in [1.29, 1.82) is 0 Å². The zero-order valence-corrected chi connectivity index (χ0v) is 11.0. The first-order valence-corrected chi connectivity index (χ1v) is 6.74. The summed E-state index contributed by atoms with van der Waals surface area (Å²) in [7, 11) is 0. The van der Waals surface area contributed by atoms with Crippen LogP contribution in [0.4, 0.5) is 11.7 Å². The summed E-state index contributed by atoms with van der Waals surface area (Å²) in [6.45, 7) is 1.86. The molecular formula is C13H16N4O3. The molecule has 0 amide bonds. The Hall–Kier alpha value is -2.15. The molecule has 0 aliphatic carbocycles. The van der Waals surface area contributed by atoms with Crippen LogP contribution in [-0.4, -0.2) is 29.0 Å². The molecule has 1 aliphatic rings. The highest BCUT2D eigenvalue weighted by molar-refractivity contribution is 5.77. The van der Waals surface area contributed by atoms with Crippen molar-refractivity contribution in [2.45, 2.75) is 25.3 Å². The van der Waals surface area contributed by atoms with E-state index in [2.05, 4.69) is 15.6 Å². The lowest BCUT2D eigenvalue weighted by molar-refractivity contribution is -0.384. The standard InChI is InChI=1S/C13H16N4O3/c18-17(19)10-3-4-11-12(8-10)20-13(16-11)15-7-5-9-2-1-6-14-9/h3-4,8-9,14H,1-2,5-7H2,(H,15,16). The Kier molecular flexibility index (Phi) is 3.51. The number of nitrogens with one attached hydrogen (secondary N) is 2. The van der Waals surface area contributed by atoms with Crippen LogP contribution in [0.25, 0.3) is 11.1 Å². The van der Waals surface area contributed by atoms with E-state index >= 15 is 0 Å². The quantitative estimate of drug-likeness (QED) is 0.643. The minimum atomic E-state index is -0.444. The molecule has 1 unspecified atom stereocenters. The van der Waals surface area contributed by atoms with Crippen LogP contribution in [-0.2, 0) is 0 Å². The zero-order valence-electron chi connectivity index (χ0n) is 11.0. The molecule has 106 valence electrons. The lowest BCUT2D eigenvalue weighted by Crippen LogP contribution is -2.24. The zero-order chi connectivity index (χ0) is 13.9. The van der Waals surface area contributed by atoms with Gasteiger partial charge in [-0.25, -0.2) is 0 Å². The first kappa shape index (κ1) is 12.9. The van der Waals surface area contributed by atoms with Crippen molar-refractivity contribution in [3.63, 3.8) is 0 Å². The summed E-state index contributed by atoms with van der Waals surface area (Å²) in [4.78, 5) is 14.5. The number of non-ortho nitro benzene ring substituents is 1. The highest BCUT2D eigenvalue weighted by Gasteiger charge is 2.14. The van der Waals surface area contributed by atoms with Crippen LogP contribution in [0.15, 0.2) is 22.6 Å². The van der Waals surface area contributed by atoms with Gasteiger partial charge in [0.1, 0.15) is 5.52 Å². The highest BCUT2D eigenvalue weighted by Crippen LogP contribution is 2.23. The molecular weight excluding hydrogens is 260 g/mol. The van der Waals surface area contributed by atoms with Gasteiger partial charge in [-0.15, -0.1) is 0 Å². The molecule has 1 aromatic heterocycles. The van der Waals surface area contributed by atoms with E-state index in [1.54, 1.807) is 6.07 Å². The fraction of sp³-hybridized carbons (Fsp3) is 0.462. The molecule has 1 aromatic carbocycles. The first-order chi connectivity index (χ1) is 9.72. The highest BCUT2D eigenvalue weighted by atomic mass is 16.6. The molecule has 2 aromatic rings. The fourth-order valence-electron chi connectivity index (χ4n) is 2.46. The second-order valence-corrected chi connectivity index (χ2v) is 4.94. The molecule has 1 aliphatic heterocycles. The average molecular weight is 276 g/mol. The van der Waals surface area contributed by atoms with Crippen molar-refractivity contribution in [3.8, 4) is 0 Å². The van der Waals surface area contributed by atoms with Crippen LogP contribution in [0, 0.1) is 10.1 Å². The van der Waals surface area contributed by atoms with Gasteiger partial charge in [-0.1, -0.05) is 0 Å². The predicted octanol–water partition coefficient (Wildman–Crippen LogP) is 2.29. The Morgan fingerprint density at radius 3 is 3.20 bits per heavy atom. The number of anilines is 1. The normalized spacial score (nSPS) is 18.5. The van der Waals surface area contributed by atoms with Gasteiger partial charge >= 0.3 is 0 Å². The number of oxazole rings is 1. The Labute approximate surface area is 115 Å². The Morgan fingerprint density at radius 2 is 2.45 bits per heavy atom. The number of hydrogen-bond donors (Lipinski definition) is 2. The van der Waals surface area contributed by atoms with E-state index in [9.17, 15) is 10.1 Å². The summed E-state index contributed by atoms with van der Waals surface area (Å²) >= 11 is 0. The maximum atomic E-state index is 10.7. The lowest BCUT2D eigenvalue weighted by Gasteiger charge is -2.09. The van der Waals surface area contributed by atoms with Crippen molar-refractivity contribution >= 4 is 22.8 Å². The number of benzene rings is 1. The van der Waals surface area contributed by atoms with E-state index < -0.39 is 4.92 Å². The van der Waals surface area contributed by atoms with Crippen molar-refractivity contribution < 1.29 is 9.34 Å². The van der Waals surface area contributed by atoms with Crippen LogP contribution in [0.5, 0.6) is 0 Å². The minimum Gasteiger partial charge on any atom is -0.423 e. The topological polar surface area (TPSA) is 93.2 Å². The van der Waals surface area contributed by atoms with Crippen LogP contribution in [0.1, 0.15) is 19.3 Å². The van der Waals surface area contributed by atoms with Crippen molar-refractivity contribution in [3.05, 3.63) is 28.3 Å². The fourth-order valence-corrected chi connectivity index (χ4v) is 2.46. The van der Waals surface area contributed by atoms with Gasteiger partial charge in [0.05, 0.1) is 11.0 Å². The molecule has 2 N–H and O–H groups in total. The molecule has 2 heterocycles. The van der Waals surface area contributed by atoms with Gasteiger partial charge in [-0.2, -0.15) is 4.98 Å². The largest absolute Gasteiger partial charge is 0.423 e. The minimum absolute atomic E-state index is 0.00959. The van der Waals surface area contributed by atoms with Crippen molar-refractivity contribution in [2.75, 3.05) is 18.4 Å². The number of fused-ring (bicyclic) bond motifs is 1. The SMILES string of the molecule is O=[N+]([O-])c1ccc2nc(NCCC3CCCN3)oc2c1. The molecule has 7 nitrogen and oxygen atoms in total. The first-order valence-electron chi connectivity index (χ1n) is 6.74. The van der Waals surface area contributed by atoms with Crippen LogP contribution in [0.2, 0.25) is 0 Å². The number of rotatable bonds is 5. The van der Waals surface area contributed by atoms with E-state index in [0.717, 1.165) is 19.5 Å². The summed E-state index contributed by atoms with van der Waals surface area (Å²) in [5.41, 5.74) is 1.06. The van der Waals surface area contributed by atoms with E-state index in [1.165, 1.54) is 25.0 Å². The molecule has 0 bridgehead atoms. The van der Waals surface area contributed by atoms with E-state index in [4.69, 9.17) is 4.42 Å². The third-order valence-electron chi connectivity index (χ3n) is 3.51. The van der Waals surface area contributed by atoms with Crippen LogP contribution in [0.3, 0.4) is 0 Å². The van der Waals surface area contributed by atoms with E-state index in [-0.39, 0.29) is 5.69 Å². The Balaban J connectivity index is 1.64. The molecule has 1 saturated heterocycles. The van der Waals surface area contributed by atoms with Crippen molar-refractivity contribution in [1.82, 2.24) is 10.3 Å². The molecule has 0 radical (unpaired) electrons. The second kappa shape index (κ2) is 5.46. The molecule has 0 spiro atoms. The summed E-state index contributed by atoms with van der Waals surface area (Å²) < 4.78 is 5.48.